The van der Waals surface area contributed by atoms with Gasteiger partial charge in [0.2, 0.25) is 11.8 Å². The summed E-state index contributed by atoms with van der Waals surface area (Å²) in [7, 11) is 1.43. The van der Waals surface area contributed by atoms with Crippen LogP contribution in [-0.4, -0.2) is 34.7 Å². The lowest BCUT2D eigenvalue weighted by atomic mass is 10.1. The van der Waals surface area contributed by atoms with Crippen LogP contribution < -0.4 is 4.74 Å². The van der Waals surface area contributed by atoms with E-state index in [0.29, 0.717) is 29.3 Å². The molecule has 3 rings (SSSR count). The number of aromatic nitrogens is 2. The van der Waals surface area contributed by atoms with Crippen LogP contribution in [0.15, 0.2) is 46.9 Å². The second-order valence-electron chi connectivity index (χ2n) is 6.05. The molecule has 0 atom stereocenters. The predicted molar refractivity (Wildman–Crippen MR) is 103 cm³/mol. The number of rotatable bonds is 7. The van der Waals surface area contributed by atoms with Crippen molar-refractivity contribution in [1.82, 2.24) is 15.1 Å². The molecule has 1 aromatic heterocycles. The van der Waals surface area contributed by atoms with Crippen LogP contribution in [0.4, 0.5) is 4.39 Å². The lowest BCUT2D eigenvalue weighted by Crippen LogP contribution is -2.31. The number of hydrogen-bond acceptors (Lipinski definition) is 5. The molecule has 0 aliphatic carbocycles. The largest absolute Gasteiger partial charge is 0.496 e. The van der Waals surface area contributed by atoms with Gasteiger partial charge in [0.25, 0.3) is 5.91 Å². The molecule has 8 heteroatoms. The Morgan fingerprint density at radius 1 is 1.25 bits per heavy atom. The third-order valence-corrected chi connectivity index (χ3v) is 4.40. The van der Waals surface area contributed by atoms with Crippen LogP contribution in [0, 0.1) is 5.82 Å². The van der Waals surface area contributed by atoms with Gasteiger partial charge in [-0.2, -0.15) is 0 Å². The fourth-order valence-electron chi connectivity index (χ4n) is 2.76. The maximum Gasteiger partial charge on any atom is 0.258 e. The van der Waals surface area contributed by atoms with Gasteiger partial charge in [0.05, 0.1) is 29.8 Å². The third kappa shape index (κ3) is 4.31. The zero-order chi connectivity index (χ0) is 20.1. The number of hydrogen-bond donors (Lipinski definition) is 0. The van der Waals surface area contributed by atoms with Crippen molar-refractivity contribution in [2.45, 2.75) is 19.9 Å². The minimum absolute atomic E-state index is 0.0871. The average Bonchev–Trinajstić information content (AvgIpc) is 3.15. The van der Waals surface area contributed by atoms with E-state index in [9.17, 15) is 9.18 Å². The number of carbonyl (C=O) groups is 1. The second-order valence-corrected chi connectivity index (χ2v) is 6.46. The Kier molecular flexibility index (Phi) is 6.26. The molecule has 1 heterocycles. The molecule has 0 radical (unpaired) electrons. The number of carbonyl (C=O) groups excluding carboxylic acids is 1. The van der Waals surface area contributed by atoms with Crippen molar-refractivity contribution in [1.29, 1.82) is 0 Å². The van der Waals surface area contributed by atoms with Crippen molar-refractivity contribution in [2.75, 3.05) is 13.7 Å². The summed E-state index contributed by atoms with van der Waals surface area (Å²) in [5, 5.41) is 8.52. The Morgan fingerprint density at radius 3 is 2.75 bits per heavy atom. The van der Waals surface area contributed by atoms with Gasteiger partial charge in [-0.15, -0.1) is 10.2 Å². The van der Waals surface area contributed by atoms with E-state index in [2.05, 4.69) is 10.2 Å². The molecule has 0 aliphatic rings. The molecule has 0 bridgehead atoms. The van der Waals surface area contributed by atoms with Crippen LogP contribution in [0.2, 0.25) is 5.02 Å². The fraction of sp³-hybridized carbons (Fsp3) is 0.250. The van der Waals surface area contributed by atoms with Gasteiger partial charge in [-0.1, -0.05) is 30.7 Å². The standard InChI is InChI=1S/C20H19ClFN3O3/c1-3-10-25(20(26)15-11-13(22)8-9-17(15)27-2)12-18-23-24-19(28-18)14-6-4-5-7-16(14)21/h4-9,11H,3,10,12H2,1-2H3. The van der Waals surface area contributed by atoms with Gasteiger partial charge in [0, 0.05) is 6.54 Å². The fourth-order valence-corrected chi connectivity index (χ4v) is 2.98. The molecule has 0 saturated carbocycles. The van der Waals surface area contributed by atoms with Crippen molar-refractivity contribution < 1.29 is 18.3 Å². The maximum atomic E-state index is 13.7. The minimum atomic E-state index is -0.514. The molecule has 6 nitrogen and oxygen atoms in total. The van der Waals surface area contributed by atoms with Gasteiger partial charge >= 0.3 is 0 Å². The maximum absolute atomic E-state index is 13.7. The van der Waals surface area contributed by atoms with Crippen LogP contribution in [0.3, 0.4) is 0 Å². The number of halogens is 2. The summed E-state index contributed by atoms with van der Waals surface area (Å²) in [5.74, 6) is -0.0650. The number of benzene rings is 2. The molecule has 0 N–H and O–H groups in total. The highest BCUT2D eigenvalue weighted by Gasteiger charge is 2.22. The first-order valence-electron chi connectivity index (χ1n) is 8.73. The Morgan fingerprint density at radius 2 is 2.04 bits per heavy atom. The number of ether oxygens (including phenoxy) is 1. The lowest BCUT2D eigenvalue weighted by molar-refractivity contribution is 0.0724. The van der Waals surface area contributed by atoms with Crippen molar-refractivity contribution >= 4 is 17.5 Å². The molecule has 0 aliphatic heterocycles. The molecule has 146 valence electrons. The first kappa shape index (κ1) is 19.8. The smallest absolute Gasteiger partial charge is 0.258 e. The molecule has 3 aromatic rings. The second kappa shape index (κ2) is 8.84. The zero-order valence-electron chi connectivity index (χ0n) is 15.5. The van der Waals surface area contributed by atoms with E-state index in [1.54, 1.807) is 18.2 Å². The van der Waals surface area contributed by atoms with E-state index >= 15 is 0 Å². The normalized spacial score (nSPS) is 10.7. The Hall–Kier alpha value is -2.93. The summed E-state index contributed by atoms with van der Waals surface area (Å²) in [6, 6.07) is 10.9. The minimum Gasteiger partial charge on any atom is -0.496 e. The van der Waals surface area contributed by atoms with E-state index < -0.39 is 5.82 Å². The molecule has 1 amide bonds. The monoisotopic (exact) mass is 403 g/mol. The van der Waals surface area contributed by atoms with E-state index in [4.69, 9.17) is 20.8 Å². The Bertz CT molecular complexity index is 977. The molecule has 0 unspecified atom stereocenters. The molecular weight excluding hydrogens is 385 g/mol. The summed E-state index contributed by atoms with van der Waals surface area (Å²) in [6.07, 6.45) is 0.703. The average molecular weight is 404 g/mol. The van der Waals surface area contributed by atoms with Crippen molar-refractivity contribution in [3.05, 3.63) is 64.8 Å². The SMILES string of the molecule is CCCN(Cc1nnc(-c2ccccc2Cl)o1)C(=O)c1cc(F)ccc1OC. The van der Waals surface area contributed by atoms with Gasteiger partial charge in [0.15, 0.2) is 0 Å². The van der Waals surface area contributed by atoms with Crippen LogP contribution in [-0.2, 0) is 6.54 Å². The topological polar surface area (TPSA) is 68.5 Å². The molecule has 0 saturated heterocycles. The van der Waals surface area contributed by atoms with Crippen molar-refractivity contribution in [2.24, 2.45) is 0 Å². The van der Waals surface area contributed by atoms with Crippen molar-refractivity contribution in [3.8, 4) is 17.2 Å². The lowest BCUT2D eigenvalue weighted by Gasteiger charge is -2.21. The quantitative estimate of drug-likeness (QED) is 0.577. The first-order valence-corrected chi connectivity index (χ1v) is 9.11. The van der Waals surface area contributed by atoms with E-state index in [0.717, 1.165) is 6.07 Å². The molecule has 0 fully saturated rings. The van der Waals surface area contributed by atoms with E-state index in [1.807, 2.05) is 13.0 Å². The predicted octanol–water partition coefficient (Wildman–Crippen LogP) is 4.59. The molecule has 2 aromatic carbocycles. The third-order valence-electron chi connectivity index (χ3n) is 4.07. The first-order chi connectivity index (χ1) is 13.5. The van der Waals surface area contributed by atoms with Crippen LogP contribution in [0.25, 0.3) is 11.5 Å². The van der Waals surface area contributed by atoms with Gasteiger partial charge in [-0.25, -0.2) is 4.39 Å². The highest BCUT2D eigenvalue weighted by molar-refractivity contribution is 6.33. The summed E-state index contributed by atoms with van der Waals surface area (Å²) in [4.78, 5) is 14.5. The molecular formula is C20H19ClFN3O3. The van der Waals surface area contributed by atoms with E-state index in [-0.39, 0.29) is 29.8 Å². The Balaban J connectivity index is 1.85. The summed E-state index contributed by atoms with van der Waals surface area (Å²) >= 11 is 6.16. The van der Waals surface area contributed by atoms with Crippen molar-refractivity contribution in [3.63, 3.8) is 0 Å². The highest BCUT2D eigenvalue weighted by atomic mass is 35.5. The number of nitrogens with zero attached hydrogens (tertiary/aromatic N) is 3. The van der Waals surface area contributed by atoms with Gasteiger partial charge < -0.3 is 14.1 Å². The van der Waals surface area contributed by atoms with E-state index in [1.165, 1.54) is 24.1 Å². The van der Waals surface area contributed by atoms with Crippen LogP contribution in [0.1, 0.15) is 29.6 Å². The van der Waals surface area contributed by atoms with Gasteiger partial charge in [-0.3, -0.25) is 4.79 Å². The molecule has 28 heavy (non-hydrogen) atoms. The Labute approximate surface area is 166 Å². The zero-order valence-corrected chi connectivity index (χ0v) is 16.2. The summed E-state index contributed by atoms with van der Waals surface area (Å²) < 4.78 is 24.6. The summed E-state index contributed by atoms with van der Waals surface area (Å²) in [6.45, 7) is 2.46. The van der Waals surface area contributed by atoms with Crippen LogP contribution >= 0.6 is 11.6 Å². The van der Waals surface area contributed by atoms with Crippen LogP contribution in [0.5, 0.6) is 5.75 Å². The van der Waals surface area contributed by atoms with Gasteiger partial charge in [0.1, 0.15) is 11.6 Å². The van der Waals surface area contributed by atoms with Gasteiger partial charge in [-0.05, 0) is 36.8 Å². The molecule has 0 spiro atoms. The number of amides is 1. The highest BCUT2D eigenvalue weighted by Crippen LogP contribution is 2.27. The summed E-state index contributed by atoms with van der Waals surface area (Å²) in [5.41, 5.74) is 0.755. The number of methoxy groups -OCH3 is 1.